The third-order valence-electron chi connectivity index (χ3n) is 2.21. The summed E-state index contributed by atoms with van der Waals surface area (Å²) in [6.07, 6.45) is -4.62. The fraction of sp³-hybridized carbons (Fsp3) is 0.273. The number of aromatic nitrogens is 4. The molecule has 2 rings (SSSR count). The molecule has 0 N–H and O–H groups in total. The second-order valence-electron chi connectivity index (χ2n) is 3.92. The van der Waals surface area contributed by atoms with Gasteiger partial charge in [0, 0.05) is 5.56 Å². The predicted molar refractivity (Wildman–Crippen MR) is 57.5 cm³/mol. The lowest BCUT2D eigenvalue weighted by atomic mass is 10.1. The second kappa shape index (κ2) is 4.32. The Morgan fingerprint density at radius 1 is 0.833 bits per heavy atom. The van der Waals surface area contributed by atoms with E-state index in [9.17, 15) is 13.2 Å². The predicted octanol–water partition coefficient (Wildman–Crippen LogP) is 2.57. The molecule has 0 saturated heterocycles. The maximum Gasteiger partial charge on any atom is 0.455 e. The van der Waals surface area contributed by atoms with Gasteiger partial charge in [0.25, 0.3) is 5.82 Å². The number of alkyl halides is 3. The molecule has 0 fully saturated rings. The van der Waals surface area contributed by atoms with Gasteiger partial charge < -0.3 is 0 Å². The minimum absolute atomic E-state index is 0.0785. The van der Waals surface area contributed by atoms with Crippen LogP contribution in [0.1, 0.15) is 17.0 Å². The van der Waals surface area contributed by atoms with Gasteiger partial charge in [0.2, 0.25) is 5.82 Å². The van der Waals surface area contributed by atoms with Crippen molar-refractivity contribution in [2.75, 3.05) is 0 Å². The van der Waals surface area contributed by atoms with E-state index in [-0.39, 0.29) is 5.82 Å². The first kappa shape index (κ1) is 12.4. The van der Waals surface area contributed by atoms with Gasteiger partial charge in [-0.1, -0.05) is 17.2 Å². The van der Waals surface area contributed by atoms with Crippen LogP contribution < -0.4 is 0 Å². The molecule has 0 radical (unpaired) electrons. The lowest BCUT2D eigenvalue weighted by molar-refractivity contribution is -0.146. The van der Waals surface area contributed by atoms with Crippen LogP contribution >= 0.6 is 0 Å². The summed E-state index contributed by atoms with van der Waals surface area (Å²) in [5.74, 6) is -1.26. The maximum absolute atomic E-state index is 12.2. The van der Waals surface area contributed by atoms with Gasteiger partial charge in [-0.05, 0) is 26.0 Å². The first-order chi connectivity index (χ1) is 8.36. The van der Waals surface area contributed by atoms with Crippen LogP contribution in [0, 0.1) is 13.8 Å². The normalized spacial score (nSPS) is 11.6. The third kappa shape index (κ3) is 2.61. The molecule has 1 aromatic heterocycles. The fourth-order valence-corrected chi connectivity index (χ4v) is 1.56. The third-order valence-corrected chi connectivity index (χ3v) is 2.21. The molecule has 18 heavy (non-hydrogen) atoms. The topological polar surface area (TPSA) is 51.6 Å². The molecule has 0 amide bonds. The van der Waals surface area contributed by atoms with E-state index in [0.717, 1.165) is 11.1 Å². The van der Waals surface area contributed by atoms with Gasteiger partial charge in [0.05, 0.1) is 0 Å². The highest BCUT2D eigenvalue weighted by Crippen LogP contribution is 2.25. The molecule has 94 valence electrons. The van der Waals surface area contributed by atoms with Crippen LogP contribution in [0.15, 0.2) is 18.2 Å². The van der Waals surface area contributed by atoms with Gasteiger partial charge >= 0.3 is 6.18 Å². The molecule has 7 heteroatoms. The minimum atomic E-state index is -4.62. The van der Waals surface area contributed by atoms with Gasteiger partial charge in [-0.15, -0.1) is 20.4 Å². The van der Waals surface area contributed by atoms with E-state index in [1.54, 1.807) is 12.1 Å². The molecular weight excluding hydrogens is 245 g/mol. The van der Waals surface area contributed by atoms with Crippen molar-refractivity contribution >= 4 is 0 Å². The van der Waals surface area contributed by atoms with Gasteiger partial charge in [0.1, 0.15) is 0 Å². The van der Waals surface area contributed by atoms with E-state index in [2.05, 4.69) is 20.4 Å². The number of benzene rings is 1. The zero-order chi connectivity index (χ0) is 13.3. The average molecular weight is 254 g/mol. The van der Waals surface area contributed by atoms with Crippen LogP contribution in [-0.4, -0.2) is 20.4 Å². The van der Waals surface area contributed by atoms with Crippen LogP contribution in [0.25, 0.3) is 11.4 Å². The molecule has 1 aromatic carbocycles. The zero-order valence-corrected chi connectivity index (χ0v) is 9.65. The first-order valence-corrected chi connectivity index (χ1v) is 5.09. The Labute approximate surface area is 101 Å². The van der Waals surface area contributed by atoms with Crippen LogP contribution in [0.4, 0.5) is 13.2 Å². The summed E-state index contributed by atoms with van der Waals surface area (Å²) in [7, 11) is 0. The van der Waals surface area contributed by atoms with Crippen molar-refractivity contribution in [3.63, 3.8) is 0 Å². The highest BCUT2D eigenvalue weighted by Gasteiger charge is 2.35. The molecule has 0 unspecified atom stereocenters. The molecular formula is C11H9F3N4. The lowest BCUT2D eigenvalue weighted by Crippen LogP contribution is -2.14. The second-order valence-corrected chi connectivity index (χ2v) is 3.92. The van der Waals surface area contributed by atoms with E-state index >= 15 is 0 Å². The summed E-state index contributed by atoms with van der Waals surface area (Å²) in [5.41, 5.74) is 2.53. The monoisotopic (exact) mass is 254 g/mol. The summed E-state index contributed by atoms with van der Waals surface area (Å²) < 4.78 is 36.7. The van der Waals surface area contributed by atoms with Crippen molar-refractivity contribution in [3.05, 3.63) is 35.2 Å². The van der Waals surface area contributed by atoms with Crippen molar-refractivity contribution in [1.82, 2.24) is 20.4 Å². The Morgan fingerprint density at radius 3 is 1.78 bits per heavy atom. The van der Waals surface area contributed by atoms with E-state index < -0.39 is 12.0 Å². The van der Waals surface area contributed by atoms with E-state index in [1.807, 2.05) is 19.9 Å². The van der Waals surface area contributed by atoms with E-state index in [1.165, 1.54) is 0 Å². The highest BCUT2D eigenvalue weighted by molar-refractivity contribution is 5.56. The van der Waals surface area contributed by atoms with Crippen molar-refractivity contribution in [2.24, 2.45) is 0 Å². The van der Waals surface area contributed by atoms with Crippen LogP contribution in [-0.2, 0) is 6.18 Å². The summed E-state index contributed by atoms with van der Waals surface area (Å²) >= 11 is 0. The summed E-state index contributed by atoms with van der Waals surface area (Å²) in [6.45, 7) is 3.75. The largest absolute Gasteiger partial charge is 0.455 e. The Balaban J connectivity index is 2.40. The highest BCUT2D eigenvalue weighted by atomic mass is 19.4. The molecule has 0 bridgehead atoms. The zero-order valence-electron chi connectivity index (χ0n) is 9.65. The fourth-order valence-electron chi connectivity index (χ4n) is 1.56. The quantitative estimate of drug-likeness (QED) is 0.784. The number of nitrogens with zero attached hydrogens (tertiary/aromatic N) is 4. The number of hydrogen-bond donors (Lipinski definition) is 0. The molecule has 0 atom stereocenters. The Hall–Kier alpha value is -2.05. The smallest absolute Gasteiger partial charge is 0.163 e. The standard InChI is InChI=1S/C11H9F3N4/c1-6-3-7(2)5-8(4-6)9-15-17-10(18-16-9)11(12,13)14/h3-5H,1-2H3. The summed E-state index contributed by atoms with van der Waals surface area (Å²) in [5, 5.41) is 13.0. The molecule has 4 nitrogen and oxygen atoms in total. The van der Waals surface area contributed by atoms with Crippen LogP contribution in [0.2, 0.25) is 0 Å². The van der Waals surface area contributed by atoms with Crippen molar-refractivity contribution in [3.8, 4) is 11.4 Å². The lowest BCUT2D eigenvalue weighted by Gasteiger charge is -2.04. The Bertz CT molecular complexity index is 543. The number of hydrogen-bond acceptors (Lipinski definition) is 4. The Morgan fingerprint density at radius 2 is 1.33 bits per heavy atom. The molecule has 0 aliphatic carbocycles. The van der Waals surface area contributed by atoms with Crippen molar-refractivity contribution < 1.29 is 13.2 Å². The van der Waals surface area contributed by atoms with Gasteiger partial charge in [-0.25, -0.2) is 0 Å². The molecule has 2 aromatic rings. The SMILES string of the molecule is Cc1cc(C)cc(-c2nnc(C(F)(F)F)nn2)c1. The summed E-state index contributed by atoms with van der Waals surface area (Å²) in [6, 6.07) is 5.46. The minimum Gasteiger partial charge on any atom is -0.163 e. The van der Waals surface area contributed by atoms with Crippen molar-refractivity contribution in [1.29, 1.82) is 0 Å². The summed E-state index contributed by atoms with van der Waals surface area (Å²) in [4.78, 5) is 0. The molecule has 0 aliphatic heterocycles. The number of rotatable bonds is 1. The van der Waals surface area contributed by atoms with E-state index in [4.69, 9.17) is 0 Å². The van der Waals surface area contributed by atoms with Gasteiger partial charge in [-0.2, -0.15) is 13.2 Å². The molecule has 0 spiro atoms. The molecule has 0 saturated carbocycles. The van der Waals surface area contributed by atoms with Crippen molar-refractivity contribution in [2.45, 2.75) is 20.0 Å². The Kier molecular flexibility index (Phi) is 2.98. The van der Waals surface area contributed by atoms with Crippen LogP contribution in [0.3, 0.4) is 0 Å². The molecule has 1 heterocycles. The number of halogens is 3. The van der Waals surface area contributed by atoms with Gasteiger partial charge in [-0.3, -0.25) is 0 Å². The average Bonchev–Trinajstić information content (AvgIpc) is 2.27. The maximum atomic E-state index is 12.2. The molecule has 0 aliphatic rings. The number of aryl methyl sites for hydroxylation is 2. The van der Waals surface area contributed by atoms with Crippen LogP contribution in [0.5, 0.6) is 0 Å². The van der Waals surface area contributed by atoms with E-state index in [0.29, 0.717) is 5.56 Å². The van der Waals surface area contributed by atoms with Gasteiger partial charge in [0.15, 0.2) is 0 Å². The first-order valence-electron chi connectivity index (χ1n) is 5.09.